The van der Waals surface area contributed by atoms with E-state index in [4.69, 9.17) is 18.5 Å². The number of aliphatic hydroxyl groups excluding tert-OH is 5. The van der Waals surface area contributed by atoms with Crippen molar-refractivity contribution in [2.45, 2.75) is 249 Å². The molecule has 1 aliphatic rings. The van der Waals surface area contributed by atoms with Gasteiger partial charge in [-0.3, -0.25) is 18.6 Å². The fraction of sp³-hybridized carbons (Fsp3) is 0.911. The molecule has 348 valence electrons. The lowest BCUT2D eigenvalue weighted by molar-refractivity contribution is -0.220. The van der Waals surface area contributed by atoms with Crippen molar-refractivity contribution < 1.29 is 63.1 Å². The van der Waals surface area contributed by atoms with Gasteiger partial charge in [-0.2, -0.15) is 0 Å². The Labute approximate surface area is 356 Å². The minimum atomic E-state index is -5.11. The van der Waals surface area contributed by atoms with Gasteiger partial charge in [-0.05, 0) is 38.5 Å². The van der Waals surface area contributed by atoms with Crippen molar-refractivity contribution in [2.24, 2.45) is 0 Å². The van der Waals surface area contributed by atoms with Crippen molar-refractivity contribution in [2.75, 3.05) is 13.2 Å². The highest BCUT2D eigenvalue weighted by atomic mass is 31.2. The number of ether oxygens (including phenoxy) is 2. The van der Waals surface area contributed by atoms with E-state index in [1.807, 2.05) is 0 Å². The molecule has 59 heavy (non-hydrogen) atoms. The summed E-state index contributed by atoms with van der Waals surface area (Å²) in [5.74, 6) is -1.10. The van der Waals surface area contributed by atoms with Crippen LogP contribution >= 0.6 is 7.82 Å². The normalized spacial score (nSPS) is 22.4. The predicted octanol–water partition coefficient (Wildman–Crippen LogP) is 9.06. The SMILES string of the molecule is CCCCCCC/C=C/CCCCCCCC(=O)O[C@@H](COC(=O)CCCCCCCCCCCCCCCCCC)COP(=O)(O)OC1C(O)C(O)C(O)[C@H](O)C1O. The van der Waals surface area contributed by atoms with Crippen LogP contribution in [-0.2, 0) is 32.7 Å². The zero-order valence-corrected chi connectivity index (χ0v) is 37.7. The summed E-state index contributed by atoms with van der Waals surface area (Å²) < 4.78 is 33.5. The molecule has 0 aliphatic heterocycles. The molecule has 14 heteroatoms. The van der Waals surface area contributed by atoms with Crippen LogP contribution in [0, 0.1) is 0 Å². The van der Waals surface area contributed by atoms with Gasteiger partial charge in [-0.15, -0.1) is 0 Å². The molecule has 13 nitrogen and oxygen atoms in total. The highest BCUT2D eigenvalue weighted by Crippen LogP contribution is 2.47. The van der Waals surface area contributed by atoms with E-state index in [0.717, 1.165) is 57.8 Å². The van der Waals surface area contributed by atoms with Crippen LogP contribution in [0.1, 0.15) is 206 Å². The van der Waals surface area contributed by atoms with Gasteiger partial charge in [0.25, 0.3) is 0 Å². The van der Waals surface area contributed by atoms with Crippen LogP contribution in [0.3, 0.4) is 0 Å². The Balaban J connectivity index is 2.44. The third-order valence-corrected chi connectivity index (χ3v) is 12.1. The molecule has 0 heterocycles. The Morgan fingerprint density at radius 3 is 1.29 bits per heavy atom. The van der Waals surface area contributed by atoms with Crippen LogP contribution in [0.5, 0.6) is 0 Å². The minimum absolute atomic E-state index is 0.0907. The Kier molecular flexibility index (Phi) is 34.0. The van der Waals surface area contributed by atoms with Gasteiger partial charge in [-0.25, -0.2) is 4.57 Å². The number of carbonyl (C=O) groups excluding carboxylic acids is 2. The molecule has 0 bridgehead atoms. The lowest BCUT2D eigenvalue weighted by Gasteiger charge is -2.41. The molecule has 0 radical (unpaired) electrons. The topological polar surface area (TPSA) is 210 Å². The fourth-order valence-electron chi connectivity index (χ4n) is 7.28. The van der Waals surface area contributed by atoms with Gasteiger partial charge in [0.15, 0.2) is 6.10 Å². The maximum Gasteiger partial charge on any atom is 0.472 e. The predicted molar refractivity (Wildman–Crippen MR) is 231 cm³/mol. The largest absolute Gasteiger partial charge is 0.472 e. The number of rotatable bonds is 39. The molecule has 0 spiro atoms. The minimum Gasteiger partial charge on any atom is -0.462 e. The van der Waals surface area contributed by atoms with Gasteiger partial charge in [0, 0.05) is 12.8 Å². The van der Waals surface area contributed by atoms with E-state index in [0.29, 0.717) is 12.8 Å². The summed E-state index contributed by atoms with van der Waals surface area (Å²) in [6, 6.07) is 0. The molecule has 8 atom stereocenters. The van der Waals surface area contributed by atoms with Crippen LogP contribution in [0.2, 0.25) is 0 Å². The summed E-state index contributed by atoms with van der Waals surface area (Å²) in [6.45, 7) is 3.30. The van der Waals surface area contributed by atoms with E-state index in [2.05, 4.69) is 26.0 Å². The Morgan fingerprint density at radius 2 is 0.864 bits per heavy atom. The van der Waals surface area contributed by atoms with Crippen LogP contribution in [0.15, 0.2) is 12.2 Å². The molecule has 1 fully saturated rings. The maximum atomic E-state index is 12.8. The van der Waals surface area contributed by atoms with Crippen molar-refractivity contribution in [1.29, 1.82) is 0 Å². The molecule has 0 aromatic carbocycles. The Hall–Kier alpha value is -1.41. The maximum absolute atomic E-state index is 12.8. The van der Waals surface area contributed by atoms with Crippen molar-refractivity contribution in [3.8, 4) is 0 Å². The lowest BCUT2D eigenvalue weighted by Crippen LogP contribution is -2.64. The molecule has 1 aliphatic carbocycles. The van der Waals surface area contributed by atoms with E-state index in [9.17, 15) is 44.6 Å². The smallest absolute Gasteiger partial charge is 0.462 e. The molecule has 0 aromatic rings. The van der Waals surface area contributed by atoms with E-state index in [1.165, 1.54) is 109 Å². The molecule has 1 saturated carbocycles. The van der Waals surface area contributed by atoms with Gasteiger partial charge >= 0.3 is 19.8 Å². The number of phosphoric acid groups is 1. The zero-order chi connectivity index (χ0) is 43.6. The third-order valence-electron chi connectivity index (χ3n) is 11.1. The summed E-state index contributed by atoms with van der Waals surface area (Å²) in [4.78, 5) is 35.7. The second-order valence-corrected chi connectivity index (χ2v) is 18.0. The standard InChI is InChI=1S/C45H85O13P/c1-3-5-7-9-11-13-15-17-19-20-22-23-25-27-29-31-33-38(46)55-35-37(36-56-59(53,54)58-45-43(51)41(49)40(48)42(50)44(45)52)57-39(47)34-32-30-28-26-24-21-18-16-14-12-10-8-6-4-2/h16,18,37,40-45,48-52H,3-15,17,19-36H2,1-2H3,(H,53,54)/b18-16+/t37-,40?,41-,42?,43?,44?,45?/m0/s1. The van der Waals surface area contributed by atoms with Crippen molar-refractivity contribution in [1.82, 2.24) is 0 Å². The Bertz CT molecular complexity index is 1090. The van der Waals surface area contributed by atoms with Gasteiger partial charge in [0.2, 0.25) is 0 Å². The molecule has 1 rings (SSSR count). The van der Waals surface area contributed by atoms with Gasteiger partial charge < -0.3 is 39.9 Å². The summed E-state index contributed by atoms with van der Waals surface area (Å²) >= 11 is 0. The number of esters is 2. The average Bonchev–Trinajstić information content (AvgIpc) is 3.21. The van der Waals surface area contributed by atoms with Crippen molar-refractivity contribution in [3.05, 3.63) is 12.2 Å². The lowest BCUT2D eigenvalue weighted by atomic mass is 9.85. The van der Waals surface area contributed by atoms with E-state index >= 15 is 0 Å². The number of hydrogen-bond donors (Lipinski definition) is 6. The van der Waals surface area contributed by atoms with E-state index in [1.54, 1.807) is 0 Å². The first-order chi connectivity index (χ1) is 28.4. The van der Waals surface area contributed by atoms with Gasteiger partial charge in [0.05, 0.1) is 6.61 Å². The number of aliphatic hydroxyl groups is 5. The molecule has 0 amide bonds. The zero-order valence-electron chi connectivity index (χ0n) is 36.8. The first kappa shape index (κ1) is 55.6. The number of unbranched alkanes of at least 4 members (excludes halogenated alkanes) is 25. The van der Waals surface area contributed by atoms with Crippen LogP contribution in [-0.4, -0.2) is 98.3 Å². The molecule has 6 unspecified atom stereocenters. The highest BCUT2D eigenvalue weighted by Gasteiger charge is 2.51. The molecule has 0 aromatic heterocycles. The molecule has 6 N–H and O–H groups in total. The average molecular weight is 865 g/mol. The second kappa shape index (κ2) is 36.1. The molecular weight excluding hydrogens is 779 g/mol. The summed E-state index contributed by atoms with van der Waals surface area (Å²) in [7, 11) is -5.11. The first-order valence-electron chi connectivity index (χ1n) is 23.5. The first-order valence-corrected chi connectivity index (χ1v) is 25.0. The van der Waals surface area contributed by atoms with Crippen LogP contribution in [0.25, 0.3) is 0 Å². The van der Waals surface area contributed by atoms with Crippen molar-refractivity contribution in [3.63, 3.8) is 0 Å². The van der Waals surface area contributed by atoms with E-state index in [-0.39, 0.29) is 12.8 Å². The number of phosphoric ester groups is 1. The van der Waals surface area contributed by atoms with Crippen LogP contribution < -0.4 is 0 Å². The summed E-state index contributed by atoms with van der Waals surface area (Å²) in [6.07, 6.45) is 24.1. The number of hydrogen-bond acceptors (Lipinski definition) is 12. The number of carbonyl (C=O) groups is 2. The van der Waals surface area contributed by atoms with Crippen LogP contribution in [0.4, 0.5) is 0 Å². The molecule has 0 saturated heterocycles. The highest BCUT2D eigenvalue weighted by molar-refractivity contribution is 7.47. The van der Waals surface area contributed by atoms with E-state index < -0.39 is 75.7 Å². The third kappa shape index (κ3) is 28.7. The summed E-state index contributed by atoms with van der Waals surface area (Å²) in [5.41, 5.74) is 0. The van der Waals surface area contributed by atoms with Gasteiger partial charge in [-0.1, -0.05) is 167 Å². The monoisotopic (exact) mass is 865 g/mol. The Morgan fingerprint density at radius 1 is 0.508 bits per heavy atom. The quantitative estimate of drug-likeness (QED) is 0.0148. The number of allylic oxidation sites excluding steroid dienone is 2. The molecular formula is C45H85O13P. The van der Waals surface area contributed by atoms with Gasteiger partial charge in [0.1, 0.15) is 43.2 Å². The fourth-order valence-corrected chi connectivity index (χ4v) is 8.26. The van der Waals surface area contributed by atoms with Crippen molar-refractivity contribution >= 4 is 19.8 Å². The second-order valence-electron chi connectivity index (χ2n) is 16.6. The summed E-state index contributed by atoms with van der Waals surface area (Å²) in [5, 5.41) is 50.1.